The fraction of sp³-hybridized carbons (Fsp3) is 0.579. The van der Waals surface area contributed by atoms with Gasteiger partial charge in [-0.15, -0.1) is 0 Å². The second-order valence-electron chi connectivity index (χ2n) is 7.31. The van der Waals surface area contributed by atoms with E-state index >= 15 is 0 Å². The van der Waals surface area contributed by atoms with Gasteiger partial charge in [-0.1, -0.05) is 0 Å². The maximum atomic E-state index is 12.6. The summed E-state index contributed by atoms with van der Waals surface area (Å²) in [6.45, 7) is 4.27. The minimum Gasteiger partial charge on any atom is -0.493 e. The summed E-state index contributed by atoms with van der Waals surface area (Å²) in [5.74, 6) is 0.102. The van der Waals surface area contributed by atoms with E-state index in [1.165, 1.54) is 23.7 Å². The van der Waals surface area contributed by atoms with Gasteiger partial charge in [-0.2, -0.15) is 0 Å². The first kappa shape index (κ1) is 23.0. The van der Waals surface area contributed by atoms with Gasteiger partial charge in [0.25, 0.3) is 11.8 Å². The number of hydrogen-bond acceptors (Lipinski definition) is 6. The van der Waals surface area contributed by atoms with Gasteiger partial charge in [-0.05, 0) is 44.9 Å². The molecule has 0 aliphatic carbocycles. The minimum absolute atomic E-state index is 0.0116. The standard InChI is InChI=1S/C19H29N3O6S/c1-13(2)20-18(23)12-28-16-8-7-14(10-17(16)27-3)19(24)21-15-6-5-9-22(11-15)29(4,25)26/h7-8,10,13,15H,5-6,9,11-12H2,1-4H3,(H,20,23)(H,21,24). The highest BCUT2D eigenvalue weighted by Gasteiger charge is 2.27. The van der Waals surface area contributed by atoms with Gasteiger partial charge in [0.15, 0.2) is 18.1 Å². The molecule has 0 aromatic heterocycles. The molecule has 1 fully saturated rings. The lowest BCUT2D eigenvalue weighted by atomic mass is 10.1. The predicted molar refractivity (Wildman–Crippen MR) is 109 cm³/mol. The summed E-state index contributed by atoms with van der Waals surface area (Å²) >= 11 is 0. The number of methoxy groups -OCH3 is 1. The highest BCUT2D eigenvalue weighted by atomic mass is 32.2. The quantitative estimate of drug-likeness (QED) is 0.633. The number of carbonyl (C=O) groups excluding carboxylic acids is 2. The largest absolute Gasteiger partial charge is 0.493 e. The van der Waals surface area contributed by atoms with Crippen LogP contribution in [0.1, 0.15) is 37.0 Å². The number of ether oxygens (including phenoxy) is 2. The van der Waals surface area contributed by atoms with E-state index in [0.29, 0.717) is 36.4 Å². The highest BCUT2D eigenvalue weighted by molar-refractivity contribution is 7.88. The third-order valence-electron chi connectivity index (χ3n) is 4.42. The molecule has 29 heavy (non-hydrogen) atoms. The maximum Gasteiger partial charge on any atom is 0.258 e. The number of nitrogens with zero attached hydrogens (tertiary/aromatic N) is 1. The lowest BCUT2D eigenvalue weighted by molar-refractivity contribution is -0.123. The Hall–Kier alpha value is -2.33. The van der Waals surface area contributed by atoms with Crippen LogP contribution >= 0.6 is 0 Å². The maximum absolute atomic E-state index is 12.6. The van der Waals surface area contributed by atoms with Crippen LogP contribution in [0.4, 0.5) is 0 Å². The topological polar surface area (TPSA) is 114 Å². The lowest BCUT2D eigenvalue weighted by Gasteiger charge is -2.31. The molecule has 2 N–H and O–H groups in total. The minimum atomic E-state index is -3.28. The van der Waals surface area contributed by atoms with Crippen molar-refractivity contribution < 1.29 is 27.5 Å². The fourth-order valence-electron chi connectivity index (χ4n) is 3.07. The van der Waals surface area contributed by atoms with E-state index in [1.54, 1.807) is 12.1 Å². The zero-order chi connectivity index (χ0) is 21.6. The van der Waals surface area contributed by atoms with Gasteiger partial charge in [0.05, 0.1) is 13.4 Å². The van der Waals surface area contributed by atoms with E-state index in [-0.39, 0.29) is 37.0 Å². The van der Waals surface area contributed by atoms with Crippen LogP contribution in [-0.2, 0) is 14.8 Å². The Morgan fingerprint density at radius 3 is 2.62 bits per heavy atom. The van der Waals surface area contributed by atoms with E-state index < -0.39 is 10.0 Å². The number of rotatable bonds is 8. The van der Waals surface area contributed by atoms with Crippen LogP contribution in [0.15, 0.2) is 18.2 Å². The Kier molecular flexibility index (Phi) is 7.86. The van der Waals surface area contributed by atoms with Gasteiger partial charge in [-0.25, -0.2) is 12.7 Å². The Balaban J connectivity index is 2.01. The van der Waals surface area contributed by atoms with Crippen LogP contribution in [0.2, 0.25) is 0 Å². The smallest absolute Gasteiger partial charge is 0.258 e. The fourth-order valence-corrected chi connectivity index (χ4v) is 3.98. The van der Waals surface area contributed by atoms with Crippen molar-refractivity contribution in [3.8, 4) is 11.5 Å². The third-order valence-corrected chi connectivity index (χ3v) is 5.69. The first-order valence-corrected chi connectivity index (χ1v) is 11.3. The first-order valence-electron chi connectivity index (χ1n) is 9.46. The Bertz CT molecular complexity index is 840. The number of nitrogens with one attached hydrogen (secondary N) is 2. The molecular formula is C19H29N3O6S. The molecular weight excluding hydrogens is 398 g/mol. The van der Waals surface area contributed by atoms with Crippen LogP contribution in [0.5, 0.6) is 11.5 Å². The van der Waals surface area contributed by atoms with Crippen molar-refractivity contribution in [3.05, 3.63) is 23.8 Å². The molecule has 1 heterocycles. The molecule has 0 bridgehead atoms. The van der Waals surface area contributed by atoms with Gasteiger partial charge < -0.3 is 20.1 Å². The Morgan fingerprint density at radius 1 is 1.28 bits per heavy atom. The second kappa shape index (κ2) is 9.93. The number of piperidine rings is 1. The van der Waals surface area contributed by atoms with E-state index in [1.807, 2.05) is 13.8 Å². The van der Waals surface area contributed by atoms with E-state index in [0.717, 1.165) is 0 Å². The molecule has 1 aromatic rings. The van der Waals surface area contributed by atoms with Crippen molar-refractivity contribution in [2.45, 2.75) is 38.8 Å². The molecule has 162 valence electrons. The summed E-state index contributed by atoms with van der Waals surface area (Å²) in [6, 6.07) is 4.43. The molecule has 10 heteroatoms. The SMILES string of the molecule is COc1cc(C(=O)NC2CCCN(S(C)(=O)=O)C2)ccc1OCC(=O)NC(C)C. The number of amides is 2. The molecule has 0 spiro atoms. The molecule has 1 aromatic carbocycles. The van der Waals surface area contributed by atoms with Crippen molar-refractivity contribution in [1.82, 2.24) is 14.9 Å². The Labute approximate surface area is 171 Å². The highest BCUT2D eigenvalue weighted by Crippen LogP contribution is 2.28. The van der Waals surface area contributed by atoms with Crippen LogP contribution < -0.4 is 20.1 Å². The van der Waals surface area contributed by atoms with Crippen molar-refractivity contribution in [1.29, 1.82) is 0 Å². The number of benzene rings is 1. The molecule has 1 aliphatic heterocycles. The monoisotopic (exact) mass is 427 g/mol. The van der Waals surface area contributed by atoms with Gasteiger partial charge in [0, 0.05) is 30.7 Å². The molecule has 1 atom stereocenters. The average molecular weight is 428 g/mol. The molecule has 2 rings (SSSR count). The lowest BCUT2D eigenvalue weighted by Crippen LogP contribution is -2.49. The number of carbonyl (C=O) groups is 2. The molecule has 1 saturated heterocycles. The van der Waals surface area contributed by atoms with Crippen LogP contribution in [0.25, 0.3) is 0 Å². The second-order valence-corrected chi connectivity index (χ2v) is 9.29. The molecule has 2 amide bonds. The van der Waals surface area contributed by atoms with Gasteiger partial charge in [0.2, 0.25) is 10.0 Å². The summed E-state index contributed by atoms with van der Waals surface area (Å²) in [6.07, 6.45) is 2.57. The summed E-state index contributed by atoms with van der Waals surface area (Å²) in [4.78, 5) is 24.3. The van der Waals surface area contributed by atoms with Crippen molar-refractivity contribution >= 4 is 21.8 Å². The zero-order valence-corrected chi connectivity index (χ0v) is 18.0. The zero-order valence-electron chi connectivity index (χ0n) is 17.2. The van der Waals surface area contributed by atoms with Crippen molar-refractivity contribution in [2.75, 3.05) is 33.1 Å². The summed E-state index contributed by atoms with van der Waals surface area (Å²) in [5, 5.41) is 5.60. The average Bonchev–Trinajstić information content (AvgIpc) is 2.65. The first-order chi connectivity index (χ1) is 13.6. The summed E-state index contributed by atoms with van der Waals surface area (Å²) < 4.78 is 35.6. The molecule has 1 aliphatic rings. The molecule has 0 saturated carbocycles. The van der Waals surface area contributed by atoms with E-state index in [2.05, 4.69) is 10.6 Å². The third kappa shape index (κ3) is 6.90. The number of sulfonamides is 1. The van der Waals surface area contributed by atoms with Crippen LogP contribution in [0, 0.1) is 0 Å². The molecule has 0 radical (unpaired) electrons. The predicted octanol–water partition coefficient (Wildman–Crippen LogP) is 0.752. The van der Waals surface area contributed by atoms with Crippen LogP contribution in [-0.4, -0.2) is 69.7 Å². The molecule has 9 nitrogen and oxygen atoms in total. The van der Waals surface area contributed by atoms with E-state index in [4.69, 9.17) is 9.47 Å². The Morgan fingerprint density at radius 2 is 2.00 bits per heavy atom. The van der Waals surface area contributed by atoms with Gasteiger partial charge in [0.1, 0.15) is 0 Å². The van der Waals surface area contributed by atoms with Crippen LogP contribution in [0.3, 0.4) is 0 Å². The van der Waals surface area contributed by atoms with Gasteiger partial charge in [-0.3, -0.25) is 9.59 Å². The normalized spacial score (nSPS) is 17.6. The molecule has 1 unspecified atom stereocenters. The van der Waals surface area contributed by atoms with Crippen molar-refractivity contribution in [3.63, 3.8) is 0 Å². The van der Waals surface area contributed by atoms with E-state index in [9.17, 15) is 18.0 Å². The van der Waals surface area contributed by atoms with Crippen molar-refractivity contribution in [2.24, 2.45) is 0 Å². The number of hydrogen-bond donors (Lipinski definition) is 2. The summed E-state index contributed by atoms with van der Waals surface area (Å²) in [7, 11) is -1.84. The van der Waals surface area contributed by atoms with Gasteiger partial charge >= 0.3 is 0 Å². The summed E-state index contributed by atoms with van der Waals surface area (Å²) in [5.41, 5.74) is 0.359.